The van der Waals surface area contributed by atoms with E-state index in [2.05, 4.69) is 29.4 Å². The molecular weight excluding hydrogens is 232 g/mol. The Balaban J connectivity index is 2.08. The first kappa shape index (κ1) is 11.9. The second kappa shape index (κ2) is 5.69. The third-order valence-electron chi connectivity index (χ3n) is 2.52. The number of rotatable bonds is 4. The van der Waals surface area contributed by atoms with Crippen molar-refractivity contribution in [3.05, 3.63) is 53.7 Å². The molecule has 1 aromatic heterocycles. The van der Waals surface area contributed by atoms with Gasteiger partial charge in [-0.05, 0) is 48.7 Å². The first-order valence-electron chi connectivity index (χ1n) is 5.62. The van der Waals surface area contributed by atoms with Crippen LogP contribution < -0.4 is 5.32 Å². The molecule has 2 rings (SSSR count). The van der Waals surface area contributed by atoms with Crippen LogP contribution in [0.15, 0.2) is 42.6 Å². The highest BCUT2D eigenvalue weighted by atomic mass is 35.5. The highest BCUT2D eigenvalue weighted by Crippen LogP contribution is 2.16. The molecule has 0 aliphatic carbocycles. The molecule has 1 N–H and O–H groups in total. The molecule has 0 bridgehead atoms. The standard InChI is InChI=1S/C14H15ClN2/c1-11-7-9-16-14(10-11)17-13-4-2-12(3-5-13)6-8-15/h2-5,7,9-10H,6,8H2,1H3,(H,16,17). The number of aromatic nitrogens is 1. The fourth-order valence-electron chi connectivity index (χ4n) is 1.62. The van der Waals surface area contributed by atoms with Crippen molar-refractivity contribution in [2.24, 2.45) is 0 Å². The molecule has 88 valence electrons. The summed E-state index contributed by atoms with van der Waals surface area (Å²) in [6, 6.07) is 12.3. The molecule has 1 heterocycles. The number of hydrogen-bond donors (Lipinski definition) is 1. The zero-order chi connectivity index (χ0) is 12.1. The summed E-state index contributed by atoms with van der Waals surface area (Å²) in [5.41, 5.74) is 3.49. The molecule has 0 unspecified atom stereocenters. The quantitative estimate of drug-likeness (QED) is 0.828. The minimum absolute atomic E-state index is 0.659. The van der Waals surface area contributed by atoms with Crippen molar-refractivity contribution < 1.29 is 0 Å². The van der Waals surface area contributed by atoms with Gasteiger partial charge in [0.05, 0.1) is 0 Å². The van der Waals surface area contributed by atoms with Crippen LogP contribution in [0.3, 0.4) is 0 Å². The Hall–Kier alpha value is -1.54. The van der Waals surface area contributed by atoms with Gasteiger partial charge in [-0.15, -0.1) is 11.6 Å². The largest absolute Gasteiger partial charge is 0.340 e. The highest BCUT2D eigenvalue weighted by molar-refractivity contribution is 6.17. The number of alkyl halides is 1. The van der Waals surface area contributed by atoms with Gasteiger partial charge >= 0.3 is 0 Å². The Bertz CT molecular complexity index is 480. The van der Waals surface area contributed by atoms with E-state index in [-0.39, 0.29) is 0 Å². The number of halogens is 1. The number of nitrogens with zero attached hydrogens (tertiary/aromatic N) is 1. The van der Waals surface area contributed by atoms with E-state index < -0.39 is 0 Å². The molecule has 0 spiro atoms. The molecule has 0 saturated heterocycles. The maximum Gasteiger partial charge on any atom is 0.130 e. The summed E-state index contributed by atoms with van der Waals surface area (Å²) < 4.78 is 0. The normalized spacial score (nSPS) is 10.2. The average molecular weight is 247 g/mol. The van der Waals surface area contributed by atoms with E-state index in [0.29, 0.717) is 5.88 Å². The Morgan fingerprint density at radius 3 is 2.59 bits per heavy atom. The van der Waals surface area contributed by atoms with Gasteiger partial charge < -0.3 is 5.32 Å². The van der Waals surface area contributed by atoms with Crippen molar-refractivity contribution >= 4 is 23.1 Å². The van der Waals surface area contributed by atoms with E-state index in [1.165, 1.54) is 11.1 Å². The minimum atomic E-state index is 0.659. The SMILES string of the molecule is Cc1ccnc(Nc2ccc(CCCl)cc2)c1. The van der Waals surface area contributed by atoms with Crippen molar-refractivity contribution in [3.63, 3.8) is 0 Å². The number of anilines is 2. The predicted octanol–water partition coefficient (Wildman–Crippen LogP) is 3.91. The second-order valence-electron chi connectivity index (χ2n) is 3.98. The lowest BCUT2D eigenvalue weighted by Gasteiger charge is -2.06. The first-order valence-corrected chi connectivity index (χ1v) is 6.16. The van der Waals surface area contributed by atoms with Gasteiger partial charge in [0.1, 0.15) is 5.82 Å². The molecule has 1 aromatic carbocycles. The smallest absolute Gasteiger partial charge is 0.130 e. The van der Waals surface area contributed by atoms with Crippen LogP contribution in [0.4, 0.5) is 11.5 Å². The van der Waals surface area contributed by atoms with Crippen molar-refractivity contribution in [1.29, 1.82) is 0 Å². The summed E-state index contributed by atoms with van der Waals surface area (Å²) >= 11 is 5.70. The Kier molecular flexibility index (Phi) is 3.99. The van der Waals surface area contributed by atoms with E-state index in [1.807, 2.05) is 24.3 Å². The van der Waals surface area contributed by atoms with Gasteiger partial charge in [0, 0.05) is 17.8 Å². The fourth-order valence-corrected chi connectivity index (χ4v) is 1.83. The topological polar surface area (TPSA) is 24.9 Å². The molecule has 3 heteroatoms. The van der Waals surface area contributed by atoms with Crippen LogP contribution in [0.5, 0.6) is 0 Å². The summed E-state index contributed by atoms with van der Waals surface area (Å²) in [6.45, 7) is 2.05. The summed E-state index contributed by atoms with van der Waals surface area (Å²) in [7, 11) is 0. The molecule has 0 radical (unpaired) electrons. The third-order valence-corrected chi connectivity index (χ3v) is 2.71. The van der Waals surface area contributed by atoms with Crippen LogP contribution in [0.2, 0.25) is 0 Å². The molecule has 2 nitrogen and oxygen atoms in total. The van der Waals surface area contributed by atoms with Crippen molar-refractivity contribution in [3.8, 4) is 0 Å². The van der Waals surface area contributed by atoms with Crippen LogP contribution in [0.25, 0.3) is 0 Å². The molecule has 0 amide bonds. The molecule has 0 fully saturated rings. The van der Waals surface area contributed by atoms with Gasteiger partial charge in [0.15, 0.2) is 0 Å². The zero-order valence-corrected chi connectivity index (χ0v) is 10.5. The summed E-state index contributed by atoms with van der Waals surface area (Å²) in [4.78, 5) is 4.26. The summed E-state index contributed by atoms with van der Waals surface area (Å²) in [6.07, 6.45) is 2.71. The van der Waals surface area contributed by atoms with Crippen LogP contribution in [-0.4, -0.2) is 10.9 Å². The Morgan fingerprint density at radius 2 is 1.94 bits per heavy atom. The van der Waals surface area contributed by atoms with Crippen molar-refractivity contribution in [2.75, 3.05) is 11.2 Å². The van der Waals surface area contributed by atoms with Crippen molar-refractivity contribution in [1.82, 2.24) is 4.98 Å². The number of nitrogens with one attached hydrogen (secondary N) is 1. The van der Waals surface area contributed by atoms with Crippen molar-refractivity contribution in [2.45, 2.75) is 13.3 Å². The predicted molar refractivity (Wildman–Crippen MR) is 73.1 cm³/mol. The highest BCUT2D eigenvalue weighted by Gasteiger charge is 1.97. The molecular formula is C14H15ClN2. The Morgan fingerprint density at radius 1 is 1.18 bits per heavy atom. The van der Waals surface area contributed by atoms with E-state index in [4.69, 9.17) is 11.6 Å². The van der Waals surface area contributed by atoms with Crippen LogP contribution >= 0.6 is 11.6 Å². The fraction of sp³-hybridized carbons (Fsp3) is 0.214. The zero-order valence-electron chi connectivity index (χ0n) is 9.78. The molecule has 17 heavy (non-hydrogen) atoms. The third kappa shape index (κ3) is 3.46. The monoisotopic (exact) mass is 246 g/mol. The van der Waals surface area contributed by atoms with Crippen LogP contribution in [0.1, 0.15) is 11.1 Å². The van der Waals surface area contributed by atoms with E-state index in [1.54, 1.807) is 6.20 Å². The van der Waals surface area contributed by atoms with E-state index >= 15 is 0 Å². The van der Waals surface area contributed by atoms with Gasteiger partial charge in [0.25, 0.3) is 0 Å². The molecule has 2 aromatic rings. The van der Waals surface area contributed by atoms with Crippen LogP contribution in [0, 0.1) is 6.92 Å². The first-order chi connectivity index (χ1) is 8.28. The van der Waals surface area contributed by atoms with Gasteiger partial charge in [-0.1, -0.05) is 12.1 Å². The second-order valence-corrected chi connectivity index (χ2v) is 4.36. The van der Waals surface area contributed by atoms with Gasteiger partial charge in [0.2, 0.25) is 0 Å². The average Bonchev–Trinajstić information content (AvgIpc) is 2.32. The maximum atomic E-state index is 5.70. The number of aryl methyl sites for hydroxylation is 2. The van der Waals surface area contributed by atoms with Gasteiger partial charge in [-0.25, -0.2) is 4.98 Å². The Labute approximate surface area is 107 Å². The number of hydrogen-bond acceptors (Lipinski definition) is 2. The number of benzene rings is 1. The maximum absolute atomic E-state index is 5.70. The molecule has 0 aliphatic rings. The minimum Gasteiger partial charge on any atom is -0.340 e. The lowest BCUT2D eigenvalue weighted by atomic mass is 10.1. The lowest BCUT2D eigenvalue weighted by Crippen LogP contribution is -1.94. The molecule has 0 saturated carbocycles. The summed E-state index contributed by atoms with van der Waals surface area (Å²) in [5.74, 6) is 1.53. The molecule has 0 aliphatic heterocycles. The van der Waals surface area contributed by atoms with Gasteiger partial charge in [-0.3, -0.25) is 0 Å². The lowest BCUT2D eigenvalue weighted by molar-refractivity contribution is 1.15. The van der Waals surface area contributed by atoms with E-state index in [0.717, 1.165) is 17.9 Å². The van der Waals surface area contributed by atoms with E-state index in [9.17, 15) is 0 Å². The molecule has 0 atom stereocenters. The van der Waals surface area contributed by atoms with Gasteiger partial charge in [-0.2, -0.15) is 0 Å². The summed E-state index contributed by atoms with van der Waals surface area (Å²) in [5, 5.41) is 3.27. The van der Waals surface area contributed by atoms with Crippen LogP contribution in [-0.2, 0) is 6.42 Å². The number of pyridine rings is 1.